The molecule has 0 saturated heterocycles. The lowest BCUT2D eigenvalue weighted by Gasteiger charge is -2.13. The van der Waals surface area contributed by atoms with E-state index >= 15 is 0 Å². The number of imidazole rings is 1. The molecule has 0 bridgehead atoms. The number of nitrogens with one attached hydrogen (secondary N) is 1. The largest absolute Gasteiger partial charge is 0.325 e. The molecule has 1 atom stereocenters. The number of amides is 1. The fourth-order valence-electron chi connectivity index (χ4n) is 2.40. The average molecular weight is 360 g/mol. The van der Waals surface area contributed by atoms with Gasteiger partial charge in [-0.25, -0.2) is 4.98 Å². The van der Waals surface area contributed by atoms with Crippen LogP contribution < -0.4 is 5.32 Å². The third-order valence-electron chi connectivity index (χ3n) is 3.86. The zero-order chi connectivity index (χ0) is 17.3. The van der Waals surface area contributed by atoms with Gasteiger partial charge in [0.25, 0.3) is 0 Å². The van der Waals surface area contributed by atoms with Crippen molar-refractivity contribution in [2.75, 3.05) is 5.32 Å². The van der Waals surface area contributed by atoms with Gasteiger partial charge < -0.3 is 9.88 Å². The number of fused-ring (bicyclic) bond motifs is 1. The van der Waals surface area contributed by atoms with E-state index in [0.29, 0.717) is 5.02 Å². The number of hydrogen-bond acceptors (Lipinski definition) is 3. The maximum Gasteiger partial charge on any atom is 0.237 e. The van der Waals surface area contributed by atoms with E-state index in [1.165, 1.54) is 11.8 Å². The highest BCUT2D eigenvalue weighted by Crippen LogP contribution is 2.27. The molecule has 6 heteroatoms. The summed E-state index contributed by atoms with van der Waals surface area (Å²) in [5, 5.41) is 4.09. The van der Waals surface area contributed by atoms with Gasteiger partial charge in [0.05, 0.1) is 16.3 Å². The number of para-hydroxylation sites is 2. The molecule has 0 fully saturated rings. The minimum Gasteiger partial charge on any atom is -0.325 e. The monoisotopic (exact) mass is 359 g/mol. The number of anilines is 1. The predicted molar refractivity (Wildman–Crippen MR) is 101 cm³/mol. The summed E-state index contributed by atoms with van der Waals surface area (Å²) in [6.07, 6.45) is 0. The van der Waals surface area contributed by atoms with Crippen LogP contribution in [0.25, 0.3) is 11.0 Å². The molecule has 3 rings (SSSR count). The molecule has 1 amide bonds. The Morgan fingerprint density at radius 3 is 2.79 bits per heavy atom. The molecular weight excluding hydrogens is 342 g/mol. The van der Waals surface area contributed by atoms with E-state index in [-0.39, 0.29) is 11.2 Å². The number of thioether (sulfide) groups is 1. The van der Waals surface area contributed by atoms with Gasteiger partial charge in [0.2, 0.25) is 5.91 Å². The Balaban J connectivity index is 1.76. The molecule has 0 aliphatic rings. The highest BCUT2D eigenvalue weighted by Gasteiger charge is 2.19. The number of hydrogen-bond donors (Lipinski definition) is 1. The summed E-state index contributed by atoms with van der Waals surface area (Å²) in [6.45, 7) is 3.81. The van der Waals surface area contributed by atoms with Gasteiger partial charge in [0.1, 0.15) is 0 Å². The standard InChI is InChI=1S/C18H18ClN3OS/c1-11-8-9-13(19)10-15(11)20-17(23)12(2)24-18-21-14-6-4-5-7-16(14)22(18)3/h4-10,12H,1-3H3,(H,20,23). The Labute approximate surface area is 150 Å². The predicted octanol–water partition coefficient (Wildman–Crippen LogP) is 4.65. The third kappa shape index (κ3) is 3.42. The molecule has 3 aromatic rings. The van der Waals surface area contributed by atoms with Crippen LogP contribution in [0.15, 0.2) is 47.6 Å². The van der Waals surface area contributed by atoms with E-state index in [2.05, 4.69) is 10.3 Å². The third-order valence-corrected chi connectivity index (χ3v) is 5.23. The van der Waals surface area contributed by atoms with Crippen molar-refractivity contribution >= 4 is 46.0 Å². The van der Waals surface area contributed by atoms with Crippen molar-refractivity contribution in [3.05, 3.63) is 53.1 Å². The first kappa shape index (κ1) is 16.9. The van der Waals surface area contributed by atoms with E-state index in [4.69, 9.17) is 11.6 Å². The second kappa shape index (κ2) is 6.87. The minimum atomic E-state index is -0.279. The molecule has 0 aliphatic carbocycles. The van der Waals surface area contributed by atoms with E-state index in [0.717, 1.165) is 27.4 Å². The Kier molecular flexibility index (Phi) is 4.83. The second-order valence-electron chi connectivity index (χ2n) is 5.65. The zero-order valence-corrected chi connectivity index (χ0v) is 15.3. The van der Waals surface area contributed by atoms with Crippen molar-refractivity contribution in [1.82, 2.24) is 9.55 Å². The topological polar surface area (TPSA) is 46.9 Å². The summed E-state index contributed by atoms with van der Waals surface area (Å²) in [6, 6.07) is 13.4. The first-order valence-corrected chi connectivity index (χ1v) is 8.86. The van der Waals surface area contributed by atoms with Crippen molar-refractivity contribution in [3.63, 3.8) is 0 Å². The highest BCUT2D eigenvalue weighted by molar-refractivity contribution is 8.00. The fraction of sp³-hybridized carbons (Fsp3) is 0.222. The van der Waals surface area contributed by atoms with Crippen molar-refractivity contribution in [2.45, 2.75) is 24.3 Å². The van der Waals surface area contributed by atoms with Gasteiger partial charge in [-0.3, -0.25) is 4.79 Å². The lowest BCUT2D eigenvalue weighted by molar-refractivity contribution is -0.115. The van der Waals surface area contributed by atoms with Crippen molar-refractivity contribution in [1.29, 1.82) is 0 Å². The van der Waals surface area contributed by atoms with Crippen LogP contribution in [0.5, 0.6) is 0 Å². The van der Waals surface area contributed by atoms with Crippen LogP contribution in [-0.4, -0.2) is 20.7 Å². The Morgan fingerprint density at radius 2 is 2.04 bits per heavy atom. The van der Waals surface area contributed by atoms with Crippen molar-refractivity contribution in [2.24, 2.45) is 7.05 Å². The molecule has 2 aromatic carbocycles. The summed E-state index contributed by atoms with van der Waals surface area (Å²) in [5.41, 5.74) is 3.71. The van der Waals surface area contributed by atoms with E-state index < -0.39 is 0 Å². The van der Waals surface area contributed by atoms with E-state index in [1.54, 1.807) is 6.07 Å². The SMILES string of the molecule is Cc1ccc(Cl)cc1NC(=O)C(C)Sc1nc2ccccc2n1C. The second-order valence-corrected chi connectivity index (χ2v) is 7.40. The first-order chi connectivity index (χ1) is 11.5. The fourth-order valence-corrected chi connectivity index (χ4v) is 3.47. The molecule has 1 heterocycles. The quantitative estimate of drug-likeness (QED) is 0.689. The van der Waals surface area contributed by atoms with Crippen LogP contribution in [0.2, 0.25) is 5.02 Å². The van der Waals surface area contributed by atoms with Crippen LogP contribution in [-0.2, 0) is 11.8 Å². The Hall–Kier alpha value is -1.98. The molecular formula is C18H18ClN3OS. The number of halogens is 1. The van der Waals surface area contributed by atoms with Crippen LogP contribution in [0, 0.1) is 6.92 Å². The molecule has 0 saturated carbocycles. The number of carbonyl (C=O) groups is 1. The van der Waals surface area contributed by atoms with Crippen LogP contribution >= 0.6 is 23.4 Å². The highest BCUT2D eigenvalue weighted by atomic mass is 35.5. The Morgan fingerprint density at radius 1 is 1.29 bits per heavy atom. The smallest absolute Gasteiger partial charge is 0.237 e. The van der Waals surface area contributed by atoms with Gasteiger partial charge in [-0.15, -0.1) is 0 Å². The van der Waals surface area contributed by atoms with Gasteiger partial charge in [-0.1, -0.05) is 41.6 Å². The van der Waals surface area contributed by atoms with E-state index in [1.807, 2.05) is 61.9 Å². The maximum atomic E-state index is 12.5. The summed E-state index contributed by atoms with van der Waals surface area (Å²) in [5.74, 6) is -0.0718. The van der Waals surface area contributed by atoms with Crippen LogP contribution in [0.1, 0.15) is 12.5 Å². The molecule has 124 valence electrons. The summed E-state index contributed by atoms with van der Waals surface area (Å²) < 4.78 is 2.01. The van der Waals surface area contributed by atoms with Crippen molar-refractivity contribution < 1.29 is 4.79 Å². The number of aryl methyl sites for hydroxylation is 2. The number of rotatable bonds is 4. The molecule has 1 unspecified atom stereocenters. The molecule has 1 N–H and O–H groups in total. The molecule has 0 aliphatic heterocycles. The number of aromatic nitrogens is 2. The van der Waals surface area contributed by atoms with Crippen LogP contribution in [0.3, 0.4) is 0 Å². The lowest BCUT2D eigenvalue weighted by atomic mass is 10.2. The summed E-state index contributed by atoms with van der Waals surface area (Å²) in [4.78, 5) is 17.1. The van der Waals surface area contributed by atoms with E-state index in [9.17, 15) is 4.79 Å². The summed E-state index contributed by atoms with van der Waals surface area (Å²) in [7, 11) is 1.96. The van der Waals surface area contributed by atoms with Crippen molar-refractivity contribution in [3.8, 4) is 0 Å². The molecule has 1 aromatic heterocycles. The van der Waals surface area contributed by atoms with Gasteiger partial charge in [-0.2, -0.15) is 0 Å². The number of nitrogens with zero attached hydrogens (tertiary/aromatic N) is 2. The molecule has 24 heavy (non-hydrogen) atoms. The molecule has 4 nitrogen and oxygen atoms in total. The maximum absolute atomic E-state index is 12.5. The lowest BCUT2D eigenvalue weighted by Crippen LogP contribution is -2.23. The van der Waals surface area contributed by atoms with Crippen LogP contribution in [0.4, 0.5) is 5.69 Å². The Bertz CT molecular complexity index is 906. The molecule has 0 spiro atoms. The summed E-state index contributed by atoms with van der Waals surface area (Å²) >= 11 is 7.45. The van der Waals surface area contributed by atoms with Gasteiger partial charge in [-0.05, 0) is 43.7 Å². The minimum absolute atomic E-state index is 0.0718. The molecule has 0 radical (unpaired) electrons. The van der Waals surface area contributed by atoms with Gasteiger partial charge in [0.15, 0.2) is 5.16 Å². The van der Waals surface area contributed by atoms with Gasteiger partial charge in [0, 0.05) is 17.8 Å². The number of benzene rings is 2. The first-order valence-electron chi connectivity index (χ1n) is 7.61. The average Bonchev–Trinajstić information content (AvgIpc) is 2.87. The normalized spacial score (nSPS) is 12.3. The zero-order valence-electron chi connectivity index (χ0n) is 13.7. The van der Waals surface area contributed by atoms with Gasteiger partial charge >= 0.3 is 0 Å². The number of carbonyl (C=O) groups excluding carboxylic acids is 1.